The van der Waals surface area contributed by atoms with Gasteiger partial charge in [0.05, 0.1) is 0 Å². The highest BCUT2D eigenvalue weighted by atomic mass is 15.1. The summed E-state index contributed by atoms with van der Waals surface area (Å²) in [5.41, 5.74) is 5.61. The van der Waals surface area contributed by atoms with Crippen molar-refractivity contribution in [2.45, 2.75) is 103 Å². The van der Waals surface area contributed by atoms with E-state index in [-0.39, 0.29) is 0 Å². The van der Waals surface area contributed by atoms with Crippen molar-refractivity contribution < 1.29 is 0 Å². The van der Waals surface area contributed by atoms with Gasteiger partial charge in [-0.15, -0.1) is 0 Å². The molecule has 0 aliphatic rings. The summed E-state index contributed by atoms with van der Waals surface area (Å²) in [6, 6.07) is 0. The van der Waals surface area contributed by atoms with Crippen LogP contribution in [0.1, 0.15) is 96.2 Å². The maximum Gasteiger partial charge on any atom is 0.108 e. The molecule has 1 aromatic rings. The van der Waals surface area contributed by atoms with Crippen LogP contribution in [0.3, 0.4) is 0 Å². The molecule has 1 aromatic heterocycles. The molecule has 0 atom stereocenters. The Morgan fingerprint density at radius 1 is 0.826 bits per heavy atom. The predicted octanol–water partition coefficient (Wildman–Crippen LogP) is 5.48. The number of aryl methyl sites for hydroxylation is 1. The molecule has 0 amide bonds. The van der Waals surface area contributed by atoms with Gasteiger partial charge in [-0.25, -0.2) is 4.98 Å². The molecule has 0 aliphatic heterocycles. The maximum atomic E-state index is 5.61. The van der Waals surface area contributed by atoms with Crippen molar-refractivity contribution in [3.8, 4) is 0 Å². The number of hydrogen-bond donors (Lipinski definition) is 1. The average Bonchev–Trinajstić information content (AvgIpc) is 2.99. The SMILES string of the molecule is CCCCCCCCCCCCCCCc1nccn1CCN. The van der Waals surface area contributed by atoms with E-state index in [1.807, 2.05) is 12.4 Å². The second-order valence-electron chi connectivity index (χ2n) is 6.82. The summed E-state index contributed by atoms with van der Waals surface area (Å²) in [4.78, 5) is 4.44. The van der Waals surface area contributed by atoms with Gasteiger partial charge in [0, 0.05) is 31.9 Å². The molecule has 1 heterocycles. The number of nitrogens with zero attached hydrogens (tertiary/aromatic N) is 2. The summed E-state index contributed by atoms with van der Waals surface area (Å²) in [5.74, 6) is 1.21. The van der Waals surface area contributed by atoms with Crippen molar-refractivity contribution in [1.82, 2.24) is 9.55 Å². The van der Waals surface area contributed by atoms with Crippen molar-refractivity contribution in [2.75, 3.05) is 6.54 Å². The lowest BCUT2D eigenvalue weighted by atomic mass is 10.0. The molecule has 23 heavy (non-hydrogen) atoms. The van der Waals surface area contributed by atoms with E-state index in [1.54, 1.807) is 0 Å². The van der Waals surface area contributed by atoms with E-state index in [4.69, 9.17) is 5.73 Å². The molecule has 0 bridgehead atoms. The molecule has 0 aliphatic carbocycles. The van der Waals surface area contributed by atoms with Crippen molar-refractivity contribution in [3.63, 3.8) is 0 Å². The molecule has 2 N–H and O–H groups in total. The fourth-order valence-corrected chi connectivity index (χ4v) is 3.21. The Labute approximate surface area is 144 Å². The topological polar surface area (TPSA) is 43.8 Å². The standard InChI is InChI=1S/C20H39N3/c1-2-3-4-5-6-7-8-9-10-11-12-13-14-15-20-22-17-19-23(20)18-16-21/h17,19H,2-16,18,21H2,1H3. The number of rotatable bonds is 16. The Bertz CT molecular complexity index is 360. The van der Waals surface area contributed by atoms with Crippen LogP contribution in [0, 0.1) is 0 Å². The van der Waals surface area contributed by atoms with Gasteiger partial charge in [-0.05, 0) is 6.42 Å². The molecule has 0 spiro atoms. The quantitative estimate of drug-likeness (QED) is 0.410. The first-order chi connectivity index (χ1) is 11.4. The fourth-order valence-electron chi connectivity index (χ4n) is 3.21. The average molecular weight is 322 g/mol. The zero-order chi connectivity index (χ0) is 16.6. The zero-order valence-electron chi connectivity index (χ0n) is 15.4. The Hall–Kier alpha value is -0.830. The Kier molecular flexibility index (Phi) is 13.0. The molecule has 134 valence electrons. The van der Waals surface area contributed by atoms with Crippen LogP contribution in [0.15, 0.2) is 12.4 Å². The largest absolute Gasteiger partial charge is 0.334 e. The van der Waals surface area contributed by atoms with Crippen LogP contribution < -0.4 is 5.73 Å². The van der Waals surface area contributed by atoms with E-state index >= 15 is 0 Å². The lowest BCUT2D eigenvalue weighted by molar-refractivity contribution is 0.535. The van der Waals surface area contributed by atoms with Crippen LogP contribution in [0.4, 0.5) is 0 Å². The van der Waals surface area contributed by atoms with Gasteiger partial charge in [0.1, 0.15) is 5.82 Å². The van der Waals surface area contributed by atoms with Gasteiger partial charge in [0.25, 0.3) is 0 Å². The van der Waals surface area contributed by atoms with Crippen LogP contribution in [0.25, 0.3) is 0 Å². The van der Waals surface area contributed by atoms with Crippen LogP contribution in [-0.2, 0) is 13.0 Å². The Morgan fingerprint density at radius 2 is 1.35 bits per heavy atom. The highest BCUT2D eigenvalue weighted by Crippen LogP contribution is 2.13. The minimum absolute atomic E-state index is 0.696. The van der Waals surface area contributed by atoms with Crippen molar-refractivity contribution >= 4 is 0 Å². The fraction of sp³-hybridized carbons (Fsp3) is 0.850. The normalized spacial score (nSPS) is 11.2. The van der Waals surface area contributed by atoms with E-state index in [2.05, 4.69) is 16.5 Å². The summed E-state index contributed by atoms with van der Waals surface area (Å²) in [6.45, 7) is 3.88. The molecule has 0 unspecified atom stereocenters. The highest BCUT2D eigenvalue weighted by Gasteiger charge is 2.01. The van der Waals surface area contributed by atoms with E-state index in [9.17, 15) is 0 Å². The molecule has 0 fully saturated rings. The van der Waals surface area contributed by atoms with Crippen molar-refractivity contribution in [2.24, 2.45) is 5.73 Å². The molecule has 1 rings (SSSR count). The van der Waals surface area contributed by atoms with Gasteiger partial charge in [0.15, 0.2) is 0 Å². The van der Waals surface area contributed by atoms with E-state index in [0.29, 0.717) is 6.54 Å². The first kappa shape index (κ1) is 20.2. The minimum Gasteiger partial charge on any atom is -0.334 e. The number of nitrogens with two attached hydrogens (primary N) is 1. The molecular weight excluding hydrogens is 282 g/mol. The summed E-state index contributed by atoms with van der Waals surface area (Å²) in [7, 11) is 0. The number of aromatic nitrogens is 2. The molecule has 3 heteroatoms. The minimum atomic E-state index is 0.696. The smallest absolute Gasteiger partial charge is 0.108 e. The number of unbranched alkanes of at least 4 members (excludes halogenated alkanes) is 12. The molecule has 0 saturated carbocycles. The summed E-state index contributed by atoms with van der Waals surface area (Å²) in [6.07, 6.45) is 23.3. The molecular formula is C20H39N3. The molecule has 0 aromatic carbocycles. The monoisotopic (exact) mass is 321 g/mol. The van der Waals surface area contributed by atoms with Crippen molar-refractivity contribution in [1.29, 1.82) is 0 Å². The second kappa shape index (κ2) is 14.7. The summed E-state index contributed by atoms with van der Waals surface area (Å²) in [5, 5.41) is 0. The maximum absolute atomic E-state index is 5.61. The van der Waals surface area contributed by atoms with Crippen LogP contribution in [-0.4, -0.2) is 16.1 Å². The van der Waals surface area contributed by atoms with Crippen LogP contribution >= 0.6 is 0 Å². The molecule has 3 nitrogen and oxygen atoms in total. The van der Waals surface area contributed by atoms with Crippen molar-refractivity contribution in [3.05, 3.63) is 18.2 Å². The summed E-state index contributed by atoms with van der Waals surface area (Å²) < 4.78 is 2.19. The van der Waals surface area contributed by atoms with Crippen LogP contribution in [0.5, 0.6) is 0 Å². The lowest BCUT2D eigenvalue weighted by Crippen LogP contribution is -2.11. The lowest BCUT2D eigenvalue weighted by Gasteiger charge is -2.06. The van der Waals surface area contributed by atoms with E-state index in [0.717, 1.165) is 13.0 Å². The van der Waals surface area contributed by atoms with Gasteiger partial charge < -0.3 is 10.3 Å². The first-order valence-corrected chi connectivity index (χ1v) is 10.1. The predicted molar refractivity (Wildman–Crippen MR) is 101 cm³/mol. The van der Waals surface area contributed by atoms with Gasteiger partial charge in [0.2, 0.25) is 0 Å². The van der Waals surface area contributed by atoms with E-state index in [1.165, 1.54) is 89.3 Å². The summed E-state index contributed by atoms with van der Waals surface area (Å²) >= 11 is 0. The number of imidazole rings is 1. The van der Waals surface area contributed by atoms with Crippen LogP contribution in [0.2, 0.25) is 0 Å². The van der Waals surface area contributed by atoms with Gasteiger partial charge in [-0.1, -0.05) is 84.0 Å². The van der Waals surface area contributed by atoms with Gasteiger partial charge in [-0.3, -0.25) is 0 Å². The third-order valence-electron chi connectivity index (χ3n) is 4.68. The Balaban J connectivity index is 1.84. The third-order valence-corrected chi connectivity index (χ3v) is 4.68. The Morgan fingerprint density at radius 3 is 1.87 bits per heavy atom. The zero-order valence-corrected chi connectivity index (χ0v) is 15.4. The third kappa shape index (κ3) is 10.5. The second-order valence-corrected chi connectivity index (χ2v) is 6.82. The molecule has 0 radical (unpaired) electrons. The molecule has 0 saturated heterocycles. The van der Waals surface area contributed by atoms with Gasteiger partial charge >= 0.3 is 0 Å². The van der Waals surface area contributed by atoms with Gasteiger partial charge in [-0.2, -0.15) is 0 Å². The highest BCUT2D eigenvalue weighted by molar-refractivity contribution is 4.92. The first-order valence-electron chi connectivity index (χ1n) is 10.1. The number of hydrogen-bond acceptors (Lipinski definition) is 2. The van der Waals surface area contributed by atoms with E-state index < -0.39 is 0 Å².